The molecule has 0 bridgehead atoms. The highest BCUT2D eigenvalue weighted by Crippen LogP contribution is 2.25. The first-order valence-electron chi connectivity index (χ1n) is 3.72. The lowest BCUT2D eigenvalue weighted by molar-refractivity contribution is 0.521. The van der Waals surface area contributed by atoms with Crippen LogP contribution in [-0.2, 0) is 0 Å². The lowest BCUT2D eigenvalue weighted by Gasteiger charge is -2.16. The molecule has 3 N–H and O–H groups in total. The molecular weight excluding hydrogens is 144 g/mol. The van der Waals surface area contributed by atoms with Crippen LogP contribution in [0.5, 0.6) is 0 Å². The fraction of sp³-hybridized carbons (Fsp3) is 0.857. The maximum atomic E-state index is 5.56. The van der Waals surface area contributed by atoms with Gasteiger partial charge in [-0.15, -0.1) is 0 Å². The van der Waals surface area contributed by atoms with Gasteiger partial charge in [0.05, 0.1) is 4.99 Å². The Bertz CT molecular complexity index is 136. The van der Waals surface area contributed by atoms with E-state index in [1.165, 1.54) is 19.3 Å². The van der Waals surface area contributed by atoms with Crippen molar-refractivity contribution < 1.29 is 0 Å². The van der Waals surface area contributed by atoms with E-state index in [0.29, 0.717) is 16.9 Å². The second-order valence-corrected chi connectivity index (χ2v) is 3.31. The van der Waals surface area contributed by atoms with Gasteiger partial charge in [-0.25, -0.2) is 0 Å². The topological polar surface area (TPSA) is 38.0 Å². The molecule has 1 aliphatic carbocycles. The molecule has 0 amide bonds. The molecule has 0 saturated heterocycles. The molecule has 0 aromatic carbocycles. The van der Waals surface area contributed by atoms with Crippen LogP contribution in [0.1, 0.15) is 19.3 Å². The highest BCUT2D eigenvalue weighted by atomic mass is 32.1. The summed E-state index contributed by atoms with van der Waals surface area (Å²) < 4.78 is 0. The summed E-state index contributed by atoms with van der Waals surface area (Å²) >= 11 is 4.94. The van der Waals surface area contributed by atoms with Crippen LogP contribution in [0.3, 0.4) is 0 Å². The summed E-state index contributed by atoms with van der Waals surface area (Å²) in [6, 6.07) is 0.539. The molecule has 0 spiro atoms. The maximum Gasteiger partial charge on any atom is 0.0774 e. The number of thiocarbonyl (C=S) groups is 1. The van der Waals surface area contributed by atoms with Gasteiger partial charge in [-0.2, -0.15) is 0 Å². The van der Waals surface area contributed by atoms with Crippen molar-refractivity contribution in [3.8, 4) is 0 Å². The number of rotatable bonds is 2. The molecule has 0 radical (unpaired) electrons. The zero-order valence-electron chi connectivity index (χ0n) is 6.26. The van der Waals surface area contributed by atoms with Crippen LogP contribution in [0, 0.1) is 5.92 Å². The molecule has 58 valence electrons. The van der Waals surface area contributed by atoms with E-state index >= 15 is 0 Å². The molecule has 1 aliphatic rings. The summed E-state index contributed by atoms with van der Waals surface area (Å²) in [5, 5.41) is 3.23. The Kier molecular flexibility index (Phi) is 2.63. The molecule has 0 aromatic rings. The van der Waals surface area contributed by atoms with Crippen LogP contribution in [-0.4, -0.2) is 18.1 Å². The monoisotopic (exact) mass is 158 g/mol. The van der Waals surface area contributed by atoms with Crippen LogP contribution in [0.2, 0.25) is 0 Å². The Balaban J connectivity index is 2.50. The Morgan fingerprint density at radius 2 is 2.30 bits per heavy atom. The first-order chi connectivity index (χ1) is 4.75. The third-order valence-electron chi connectivity index (χ3n) is 2.25. The van der Waals surface area contributed by atoms with Gasteiger partial charge in [0.25, 0.3) is 0 Å². The van der Waals surface area contributed by atoms with Gasteiger partial charge in [-0.3, -0.25) is 0 Å². The lowest BCUT2D eigenvalue weighted by Crippen LogP contribution is -2.36. The van der Waals surface area contributed by atoms with Crippen LogP contribution in [0.15, 0.2) is 0 Å². The van der Waals surface area contributed by atoms with E-state index in [1.54, 1.807) is 0 Å². The molecule has 0 heterocycles. The fourth-order valence-electron chi connectivity index (χ4n) is 1.65. The zero-order chi connectivity index (χ0) is 7.56. The van der Waals surface area contributed by atoms with Crippen molar-refractivity contribution in [2.45, 2.75) is 25.3 Å². The molecule has 1 fully saturated rings. The summed E-state index contributed by atoms with van der Waals surface area (Å²) in [7, 11) is 1.97. The minimum Gasteiger partial charge on any atom is -0.393 e. The van der Waals surface area contributed by atoms with Gasteiger partial charge < -0.3 is 11.1 Å². The van der Waals surface area contributed by atoms with Crippen molar-refractivity contribution >= 4 is 17.2 Å². The summed E-state index contributed by atoms with van der Waals surface area (Å²) in [6.45, 7) is 0. The number of nitrogens with two attached hydrogens (primary N) is 1. The number of hydrogen-bond acceptors (Lipinski definition) is 2. The second kappa shape index (κ2) is 3.30. The normalized spacial score (nSPS) is 32.5. The van der Waals surface area contributed by atoms with E-state index < -0.39 is 0 Å². The predicted molar refractivity (Wildman–Crippen MR) is 47.0 cm³/mol. The highest BCUT2D eigenvalue weighted by molar-refractivity contribution is 7.80. The van der Waals surface area contributed by atoms with Crippen LogP contribution in [0.4, 0.5) is 0 Å². The van der Waals surface area contributed by atoms with E-state index in [-0.39, 0.29) is 0 Å². The summed E-state index contributed by atoms with van der Waals surface area (Å²) in [5.74, 6) is 0.444. The minimum absolute atomic E-state index is 0.444. The molecular formula is C7H14N2S. The number of nitrogens with one attached hydrogen (secondary N) is 1. The van der Waals surface area contributed by atoms with E-state index in [1.807, 2.05) is 7.05 Å². The Labute approximate surface area is 67.2 Å². The Hall–Kier alpha value is -0.150. The second-order valence-electron chi connectivity index (χ2n) is 2.83. The third kappa shape index (κ3) is 1.47. The van der Waals surface area contributed by atoms with Crippen LogP contribution in [0.25, 0.3) is 0 Å². The maximum absolute atomic E-state index is 5.56. The largest absolute Gasteiger partial charge is 0.393 e. The van der Waals surface area contributed by atoms with Crippen molar-refractivity contribution in [3.05, 3.63) is 0 Å². The van der Waals surface area contributed by atoms with E-state index in [2.05, 4.69) is 5.32 Å². The van der Waals surface area contributed by atoms with Gasteiger partial charge in [0.1, 0.15) is 0 Å². The molecule has 2 atom stereocenters. The van der Waals surface area contributed by atoms with Crippen molar-refractivity contribution in [1.82, 2.24) is 5.32 Å². The fourth-order valence-corrected chi connectivity index (χ4v) is 1.93. The third-order valence-corrected chi connectivity index (χ3v) is 2.55. The Morgan fingerprint density at radius 3 is 2.70 bits per heavy atom. The highest BCUT2D eigenvalue weighted by Gasteiger charge is 2.27. The van der Waals surface area contributed by atoms with E-state index in [4.69, 9.17) is 18.0 Å². The van der Waals surface area contributed by atoms with Gasteiger partial charge in [-0.1, -0.05) is 18.6 Å². The van der Waals surface area contributed by atoms with Crippen LogP contribution < -0.4 is 11.1 Å². The van der Waals surface area contributed by atoms with Gasteiger partial charge >= 0.3 is 0 Å². The summed E-state index contributed by atoms with van der Waals surface area (Å²) in [4.78, 5) is 0.678. The van der Waals surface area contributed by atoms with Gasteiger partial charge in [0, 0.05) is 12.0 Å². The molecule has 0 aromatic heterocycles. The van der Waals surface area contributed by atoms with Gasteiger partial charge in [0.15, 0.2) is 0 Å². The SMILES string of the molecule is CN[C@H]1CCC[C@@H]1C(N)=S. The lowest BCUT2D eigenvalue weighted by atomic mass is 10.0. The molecule has 1 rings (SSSR count). The average Bonchev–Trinajstić information content (AvgIpc) is 2.33. The molecule has 2 nitrogen and oxygen atoms in total. The summed E-state index contributed by atoms with van der Waals surface area (Å²) in [5.41, 5.74) is 5.56. The van der Waals surface area contributed by atoms with Crippen LogP contribution >= 0.6 is 12.2 Å². The zero-order valence-corrected chi connectivity index (χ0v) is 7.08. The minimum atomic E-state index is 0.444. The van der Waals surface area contributed by atoms with Crippen molar-refractivity contribution in [1.29, 1.82) is 0 Å². The quantitative estimate of drug-likeness (QED) is 0.580. The first kappa shape index (κ1) is 7.95. The smallest absolute Gasteiger partial charge is 0.0774 e. The number of hydrogen-bond donors (Lipinski definition) is 2. The van der Waals surface area contributed by atoms with Crippen molar-refractivity contribution in [2.75, 3.05) is 7.05 Å². The van der Waals surface area contributed by atoms with Crippen molar-refractivity contribution in [3.63, 3.8) is 0 Å². The van der Waals surface area contributed by atoms with E-state index in [0.717, 1.165) is 0 Å². The Morgan fingerprint density at radius 1 is 1.60 bits per heavy atom. The molecule has 3 heteroatoms. The summed E-state index contributed by atoms with van der Waals surface area (Å²) in [6.07, 6.45) is 3.65. The molecule has 10 heavy (non-hydrogen) atoms. The molecule has 0 unspecified atom stereocenters. The average molecular weight is 158 g/mol. The standard InChI is InChI=1S/C7H14N2S/c1-9-6-4-2-3-5(6)7(8)10/h5-6,9H,2-4H2,1H3,(H2,8,10)/t5-,6-/m0/s1. The molecule has 0 aliphatic heterocycles. The van der Waals surface area contributed by atoms with E-state index in [9.17, 15) is 0 Å². The first-order valence-corrected chi connectivity index (χ1v) is 4.13. The molecule has 1 saturated carbocycles. The van der Waals surface area contributed by atoms with Gasteiger partial charge in [0.2, 0.25) is 0 Å². The van der Waals surface area contributed by atoms with Gasteiger partial charge in [-0.05, 0) is 19.9 Å². The predicted octanol–water partition coefficient (Wildman–Crippen LogP) is 0.661. The van der Waals surface area contributed by atoms with Crippen molar-refractivity contribution in [2.24, 2.45) is 11.7 Å².